The van der Waals surface area contributed by atoms with Gasteiger partial charge in [-0.25, -0.2) is 14.2 Å². The fraction of sp³-hybridized carbons (Fsp3) is 0.471. The molecule has 1 aliphatic carbocycles. The van der Waals surface area contributed by atoms with Crippen LogP contribution in [0.15, 0.2) is 33.9 Å². The number of aryl methyl sites for hydroxylation is 1. The van der Waals surface area contributed by atoms with E-state index in [-0.39, 0.29) is 18.0 Å². The Morgan fingerprint density at radius 2 is 1.96 bits per heavy atom. The van der Waals surface area contributed by atoms with Crippen molar-refractivity contribution in [3.05, 3.63) is 56.4 Å². The maximum absolute atomic E-state index is 12.4. The number of fused-ring (bicyclic) bond motifs is 1. The summed E-state index contributed by atoms with van der Waals surface area (Å²) < 4.78 is 6.50. The van der Waals surface area contributed by atoms with Crippen LogP contribution in [0.5, 0.6) is 0 Å². The first-order chi connectivity index (χ1) is 11.7. The molecule has 0 saturated carbocycles. The van der Waals surface area contributed by atoms with Gasteiger partial charge in [0.25, 0.3) is 0 Å². The van der Waals surface area contributed by atoms with Crippen LogP contribution in [-0.2, 0) is 11.2 Å². The average Bonchev–Trinajstić information content (AvgIpc) is 2.98. The third kappa shape index (κ3) is 2.75. The highest BCUT2D eigenvalue weighted by atomic mass is 16.5. The molecule has 2 aromatic rings. The zero-order chi connectivity index (χ0) is 16.5. The molecule has 1 aliphatic heterocycles. The second-order valence-electron chi connectivity index (χ2n) is 6.32. The number of hydrogen-bond acceptors (Lipinski definition) is 5. The van der Waals surface area contributed by atoms with E-state index in [1.54, 1.807) is 0 Å². The van der Waals surface area contributed by atoms with Crippen molar-refractivity contribution in [3.8, 4) is 0 Å². The van der Waals surface area contributed by atoms with Crippen LogP contribution in [0.2, 0.25) is 0 Å². The lowest BCUT2D eigenvalue weighted by Crippen LogP contribution is -2.42. The van der Waals surface area contributed by atoms with Gasteiger partial charge in [-0.15, -0.1) is 0 Å². The van der Waals surface area contributed by atoms with Crippen LogP contribution < -0.4 is 16.7 Å². The summed E-state index contributed by atoms with van der Waals surface area (Å²) in [7, 11) is 0. The quantitative estimate of drug-likeness (QED) is 0.888. The van der Waals surface area contributed by atoms with Crippen LogP contribution in [0.4, 0.5) is 5.95 Å². The highest BCUT2D eigenvalue weighted by Gasteiger charge is 2.24. The third-order valence-corrected chi connectivity index (χ3v) is 4.86. The Morgan fingerprint density at radius 3 is 2.75 bits per heavy atom. The summed E-state index contributed by atoms with van der Waals surface area (Å²) in [5, 5.41) is 3.20. The van der Waals surface area contributed by atoms with Gasteiger partial charge in [-0.2, -0.15) is 4.98 Å². The molecule has 0 spiro atoms. The minimum atomic E-state index is -0.501. The predicted octanol–water partition coefficient (Wildman–Crippen LogP) is 1.38. The molecule has 1 unspecified atom stereocenters. The lowest BCUT2D eigenvalue weighted by molar-refractivity contribution is 0.0670. The number of aromatic nitrogens is 3. The van der Waals surface area contributed by atoms with Crippen molar-refractivity contribution in [1.82, 2.24) is 14.5 Å². The van der Waals surface area contributed by atoms with Gasteiger partial charge in [-0.3, -0.25) is 4.98 Å². The molecule has 1 atom stereocenters. The largest absolute Gasteiger partial charge is 0.381 e. The van der Waals surface area contributed by atoms with Crippen LogP contribution in [0.1, 0.15) is 42.5 Å². The second-order valence-corrected chi connectivity index (χ2v) is 6.32. The van der Waals surface area contributed by atoms with Crippen molar-refractivity contribution in [1.29, 1.82) is 0 Å². The van der Waals surface area contributed by atoms with Gasteiger partial charge >= 0.3 is 11.4 Å². The highest BCUT2D eigenvalue weighted by molar-refractivity contribution is 5.40. The van der Waals surface area contributed by atoms with Crippen molar-refractivity contribution in [2.24, 2.45) is 0 Å². The van der Waals surface area contributed by atoms with Crippen molar-refractivity contribution < 1.29 is 4.74 Å². The number of nitrogens with zero attached hydrogens (tertiary/aromatic N) is 2. The van der Waals surface area contributed by atoms with Crippen LogP contribution in [0.25, 0.3) is 0 Å². The molecule has 1 aromatic carbocycles. The van der Waals surface area contributed by atoms with Crippen LogP contribution in [-0.4, -0.2) is 27.7 Å². The van der Waals surface area contributed by atoms with Gasteiger partial charge in [0.05, 0.1) is 6.04 Å². The lowest BCUT2D eigenvalue weighted by Gasteiger charge is -2.23. The van der Waals surface area contributed by atoms with Gasteiger partial charge in [0.2, 0.25) is 5.95 Å². The zero-order valence-corrected chi connectivity index (χ0v) is 13.3. The van der Waals surface area contributed by atoms with Crippen LogP contribution >= 0.6 is 0 Å². The van der Waals surface area contributed by atoms with Crippen molar-refractivity contribution >= 4 is 5.95 Å². The molecule has 24 heavy (non-hydrogen) atoms. The smallest absolute Gasteiger partial charge is 0.355 e. The van der Waals surface area contributed by atoms with Crippen molar-refractivity contribution in [2.45, 2.75) is 37.8 Å². The number of nitrogens with one attached hydrogen (secondary N) is 2. The molecule has 7 nitrogen and oxygen atoms in total. The molecule has 2 heterocycles. The summed E-state index contributed by atoms with van der Waals surface area (Å²) >= 11 is 0. The maximum atomic E-state index is 12.4. The number of hydrogen-bond donors (Lipinski definition) is 2. The number of ether oxygens (including phenoxy) is 1. The van der Waals surface area contributed by atoms with Gasteiger partial charge in [0, 0.05) is 19.3 Å². The minimum absolute atomic E-state index is 0.0719. The van der Waals surface area contributed by atoms with Crippen LogP contribution in [0, 0.1) is 0 Å². The monoisotopic (exact) mass is 328 g/mol. The van der Waals surface area contributed by atoms with E-state index in [9.17, 15) is 9.59 Å². The first-order valence-corrected chi connectivity index (χ1v) is 8.37. The average molecular weight is 328 g/mol. The van der Waals surface area contributed by atoms with Gasteiger partial charge in [-0.1, -0.05) is 24.3 Å². The summed E-state index contributed by atoms with van der Waals surface area (Å²) in [6.45, 7) is 1.13. The molecular formula is C17H20N4O3. The molecule has 2 N–H and O–H groups in total. The second kappa shape index (κ2) is 6.24. The normalized spacial score (nSPS) is 20.8. The summed E-state index contributed by atoms with van der Waals surface area (Å²) in [4.78, 5) is 31.5. The van der Waals surface area contributed by atoms with E-state index in [0.29, 0.717) is 26.1 Å². The van der Waals surface area contributed by atoms with Crippen LogP contribution in [0.3, 0.4) is 0 Å². The summed E-state index contributed by atoms with van der Waals surface area (Å²) in [6, 6.07) is 8.14. The SMILES string of the molecule is O=c1nc(NC2CCc3ccccc32)[nH]c(=O)n1C1CCOCC1. The Balaban J connectivity index is 1.59. The standard InChI is InChI=1S/C17H20N4O3/c22-16-19-15(18-14-6-5-11-3-1-2-4-13(11)14)20-17(23)21(16)12-7-9-24-10-8-12/h1-4,12,14H,5-10H2,(H2,18,19,20,22,23). The van der Waals surface area contributed by atoms with Crippen molar-refractivity contribution in [3.63, 3.8) is 0 Å². The Bertz CT molecular complexity index is 820. The van der Waals surface area contributed by atoms with E-state index in [4.69, 9.17) is 4.74 Å². The highest BCUT2D eigenvalue weighted by Crippen LogP contribution is 2.32. The topological polar surface area (TPSA) is 89.0 Å². The number of H-pyrrole nitrogens is 1. The molecule has 0 radical (unpaired) electrons. The van der Waals surface area contributed by atoms with E-state index in [2.05, 4.69) is 27.4 Å². The fourth-order valence-electron chi connectivity index (χ4n) is 3.63. The molecule has 4 rings (SSSR count). The van der Waals surface area contributed by atoms with Gasteiger partial charge in [0.15, 0.2) is 0 Å². The zero-order valence-electron chi connectivity index (χ0n) is 13.3. The Hall–Kier alpha value is -2.41. The Morgan fingerprint density at radius 1 is 1.17 bits per heavy atom. The maximum Gasteiger partial charge on any atom is 0.355 e. The van der Waals surface area contributed by atoms with E-state index >= 15 is 0 Å². The van der Waals surface area contributed by atoms with E-state index in [1.807, 2.05) is 12.1 Å². The minimum Gasteiger partial charge on any atom is -0.381 e. The van der Waals surface area contributed by atoms with Gasteiger partial charge in [0.1, 0.15) is 0 Å². The summed E-state index contributed by atoms with van der Waals surface area (Å²) in [5.41, 5.74) is 1.59. The molecular weight excluding hydrogens is 308 g/mol. The molecule has 0 amide bonds. The molecule has 7 heteroatoms. The molecule has 1 aromatic heterocycles. The number of benzene rings is 1. The Labute approximate surface area is 138 Å². The number of anilines is 1. The predicted molar refractivity (Wildman–Crippen MR) is 89.3 cm³/mol. The third-order valence-electron chi connectivity index (χ3n) is 4.86. The molecule has 2 aliphatic rings. The molecule has 0 bridgehead atoms. The molecule has 1 fully saturated rings. The van der Waals surface area contributed by atoms with Gasteiger partial charge < -0.3 is 10.1 Å². The van der Waals surface area contributed by atoms with E-state index in [1.165, 1.54) is 15.7 Å². The van der Waals surface area contributed by atoms with E-state index < -0.39 is 11.4 Å². The first-order valence-electron chi connectivity index (χ1n) is 8.37. The molecule has 1 saturated heterocycles. The summed E-state index contributed by atoms with van der Waals surface area (Å²) in [6.07, 6.45) is 3.23. The van der Waals surface area contributed by atoms with E-state index in [0.717, 1.165) is 12.8 Å². The lowest BCUT2D eigenvalue weighted by atomic mass is 10.1. The number of rotatable bonds is 3. The Kier molecular flexibility index (Phi) is 3.93. The summed E-state index contributed by atoms with van der Waals surface area (Å²) in [5.74, 6) is 0.245. The van der Waals surface area contributed by atoms with Crippen molar-refractivity contribution in [2.75, 3.05) is 18.5 Å². The number of aromatic amines is 1. The fourth-order valence-corrected chi connectivity index (χ4v) is 3.63. The first kappa shape index (κ1) is 15.1. The molecule has 126 valence electrons. The van der Waals surface area contributed by atoms with Gasteiger partial charge in [-0.05, 0) is 36.8 Å².